The Kier molecular flexibility index (Phi) is 1.84. The van der Waals surface area contributed by atoms with E-state index in [-0.39, 0.29) is 6.04 Å². The Morgan fingerprint density at radius 1 is 1.58 bits per heavy atom. The lowest BCUT2D eigenvalue weighted by Gasteiger charge is -2.20. The average molecular weight is 167 g/mol. The molecule has 2 rings (SSSR count). The molecule has 4 heteroatoms. The third-order valence-electron chi connectivity index (χ3n) is 2.32. The standard InChI is InChI=1S/C8H13N3O/c1-5(9)7-10-8(12-11-7)6-3-2-4-6/h5-6H,2-4,9H2,1H3. The van der Waals surface area contributed by atoms with Crippen LogP contribution in [0.4, 0.5) is 0 Å². The molecule has 0 saturated heterocycles. The third kappa shape index (κ3) is 1.22. The van der Waals surface area contributed by atoms with E-state index in [1.165, 1.54) is 19.3 Å². The number of nitrogens with two attached hydrogens (primary N) is 1. The van der Waals surface area contributed by atoms with Crippen LogP contribution in [0.25, 0.3) is 0 Å². The lowest BCUT2D eigenvalue weighted by Crippen LogP contribution is -2.10. The van der Waals surface area contributed by atoms with Crippen LogP contribution in [0.15, 0.2) is 4.52 Å². The molecule has 1 aliphatic rings. The minimum Gasteiger partial charge on any atom is -0.339 e. The summed E-state index contributed by atoms with van der Waals surface area (Å²) in [5, 5.41) is 3.81. The molecule has 2 N–H and O–H groups in total. The summed E-state index contributed by atoms with van der Waals surface area (Å²) in [4.78, 5) is 4.23. The van der Waals surface area contributed by atoms with Crippen molar-refractivity contribution in [3.8, 4) is 0 Å². The molecule has 0 bridgehead atoms. The van der Waals surface area contributed by atoms with E-state index < -0.39 is 0 Å². The van der Waals surface area contributed by atoms with Crippen LogP contribution in [-0.4, -0.2) is 10.1 Å². The number of rotatable bonds is 2. The quantitative estimate of drug-likeness (QED) is 0.722. The molecule has 1 saturated carbocycles. The number of hydrogen-bond donors (Lipinski definition) is 1. The van der Waals surface area contributed by atoms with Gasteiger partial charge >= 0.3 is 0 Å². The van der Waals surface area contributed by atoms with Crippen molar-refractivity contribution in [1.82, 2.24) is 10.1 Å². The van der Waals surface area contributed by atoms with Gasteiger partial charge in [0.05, 0.1) is 6.04 Å². The van der Waals surface area contributed by atoms with Crippen LogP contribution < -0.4 is 5.73 Å². The summed E-state index contributed by atoms with van der Waals surface area (Å²) in [5.41, 5.74) is 5.60. The van der Waals surface area contributed by atoms with E-state index in [0.717, 1.165) is 5.89 Å². The maximum Gasteiger partial charge on any atom is 0.229 e. The van der Waals surface area contributed by atoms with Gasteiger partial charge in [-0.05, 0) is 19.8 Å². The normalized spacial score (nSPS) is 20.5. The van der Waals surface area contributed by atoms with Gasteiger partial charge in [0, 0.05) is 5.92 Å². The molecule has 0 aromatic carbocycles. The molecular weight excluding hydrogens is 154 g/mol. The van der Waals surface area contributed by atoms with Gasteiger partial charge in [-0.2, -0.15) is 4.98 Å². The molecule has 0 aliphatic heterocycles. The monoisotopic (exact) mass is 167 g/mol. The van der Waals surface area contributed by atoms with E-state index in [1.807, 2.05) is 6.92 Å². The second-order valence-electron chi connectivity index (χ2n) is 3.41. The van der Waals surface area contributed by atoms with Gasteiger partial charge in [0.2, 0.25) is 5.89 Å². The summed E-state index contributed by atoms with van der Waals surface area (Å²) in [6, 6.07) is -0.123. The van der Waals surface area contributed by atoms with Crippen molar-refractivity contribution in [1.29, 1.82) is 0 Å². The van der Waals surface area contributed by atoms with Crippen molar-refractivity contribution in [2.75, 3.05) is 0 Å². The van der Waals surface area contributed by atoms with Crippen LogP contribution in [0.3, 0.4) is 0 Å². The zero-order valence-corrected chi connectivity index (χ0v) is 7.16. The van der Waals surface area contributed by atoms with Gasteiger partial charge in [-0.25, -0.2) is 0 Å². The Morgan fingerprint density at radius 2 is 2.33 bits per heavy atom. The van der Waals surface area contributed by atoms with Crippen molar-refractivity contribution >= 4 is 0 Å². The van der Waals surface area contributed by atoms with Crippen molar-refractivity contribution in [3.63, 3.8) is 0 Å². The first kappa shape index (κ1) is 7.73. The van der Waals surface area contributed by atoms with E-state index >= 15 is 0 Å². The van der Waals surface area contributed by atoms with Crippen molar-refractivity contribution in [2.24, 2.45) is 5.73 Å². The van der Waals surface area contributed by atoms with Gasteiger partial charge in [-0.3, -0.25) is 0 Å². The molecule has 1 atom stereocenters. The Morgan fingerprint density at radius 3 is 2.75 bits per heavy atom. The number of aromatic nitrogens is 2. The molecular formula is C8H13N3O. The van der Waals surface area contributed by atoms with Gasteiger partial charge in [0.1, 0.15) is 0 Å². The Balaban J connectivity index is 2.12. The predicted octanol–water partition coefficient (Wildman–Crippen LogP) is 1.36. The van der Waals surface area contributed by atoms with Crippen LogP contribution in [-0.2, 0) is 0 Å². The molecule has 0 amide bonds. The van der Waals surface area contributed by atoms with Crippen molar-refractivity contribution < 1.29 is 4.52 Å². The number of hydrogen-bond acceptors (Lipinski definition) is 4. The maximum atomic E-state index is 5.60. The molecule has 1 unspecified atom stereocenters. The van der Waals surface area contributed by atoms with E-state index in [0.29, 0.717) is 11.7 Å². The molecule has 66 valence electrons. The highest BCUT2D eigenvalue weighted by Gasteiger charge is 2.25. The fourth-order valence-electron chi connectivity index (χ4n) is 1.25. The highest BCUT2D eigenvalue weighted by atomic mass is 16.5. The second kappa shape index (κ2) is 2.86. The first-order valence-corrected chi connectivity index (χ1v) is 4.36. The lowest BCUT2D eigenvalue weighted by atomic mass is 9.85. The van der Waals surface area contributed by atoms with E-state index in [9.17, 15) is 0 Å². The fourth-order valence-corrected chi connectivity index (χ4v) is 1.25. The summed E-state index contributed by atoms with van der Waals surface area (Å²) in [5.74, 6) is 1.90. The number of nitrogens with zero attached hydrogens (tertiary/aromatic N) is 2. The molecule has 12 heavy (non-hydrogen) atoms. The Labute approximate surface area is 71.1 Å². The molecule has 0 radical (unpaired) electrons. The largest absolute Gasteiger partial charge is 0.339 e. The SMILES string of the molecule is CC(N)c1noc(C2CCC2)n1. The summed E-state index contributed by atoms with van der Waals surface area (Å²) in [6.45, 7) is 1.86. The fraction of sp³-hybridized carbons (Fsp3) is 0.750. The predicted molar refractivity (Wildman–Crippen MR) is 43.5 cm³/mol. The van der Waals surface area contributed by atoms with Gasteiger partial charge in [-0.1, -0.05) is 11.6 Å². The molecule has 1 heterocycles. The first-order chi connectivity index (χ1) is 5.77. The van der Waals surface area contributed by atoms with Crippen LogP contribution >= 0.6 is 0 Å². The average Bonchev–Trinajstić information content (AvgIpc) is 2.32. The zero-order valence-electron chi connectivity index (χ0n) is 7.16. The molecule has 0 spiro atoms. The van der Waals surface area contributed by atoms with Crippen molar-refractivity contribution in [3.05, 3.63) is 11.7 Å². The maximum absolute atomic E-state index is 5.60. The van der Waals surface area contributed by atoms with Gasteiger partial charge in [0.15, 0.2) is 5.82 Å². The third-order valence-corrected chi connectivity index (χ3v) is 2.32. The topological polar surface area (TPSA) is 64.9 Å². The molecule has 4 nitrogen and oxygen atoms in total. The van der Waals surface area contributed by atoms with Crippen LogP contribution in [0.1, 0.15) is 49.9 Å². The molecule has 1 aromatic heterocycles. The van der Waals surface area contributed by atoms with Crippen LogP contribution in [0.5, 0.6) is 0 Å². The summed E-state index contributed by atoms with van der Waals surface area (Å²) in [6.07, 6.45) is 3.64. The summed E-state index contributed by atoms with van der Waals surface area (Å²) >= 11 is 0. The first-order valence-electron chi connectivity index (χ1n) is 4.36. The smallest absolute Gasteiger partial charge is 0.229 e. The van der Waals surface area contributed by atoms with E-state index in [4.69, 9.17) is 10.3 Å². The molecule has 1 aliphatic carbocycles. The molecule has 1 aromatic rings. The minimum absolute atomic E-state index is 0.123. The van der Waals surface area contributed by atoms with Gasteiger partial charge < -0.3 is 10.3 Å². The van der Waals surface area contributed by atoms with Crippen molar-refractivity contribution in [2.45, 2.75) is 38.1 Å². The highest BCUT2D eigenvalue weighted by Crippen LogP contribution is 2.35. The van der Waals surface area contributed by atoms with E-state index in [1.54, 1.807) is 0 Å². The summed E-state index contributed by atoms with van der Waals surface area (Å²) < 4.78 is 5.09. The summed E-state index contributed by atoms with van der Waals surface area (Å²) in [7, 11) is 0. The van der Waals surface area contributed by atoms with Crippen LogP contribution in [0, 0.1) is 0 Å². The Bertz CT molecular complexity index is 265. The lowest BCUT2D eigenvalue weighted by molar-refractivity contribution is 0.290. The second-order valence-corrected chi connectivity index (χ2v) is 3.41. The Hall–Kier alpha value is -0.900. The van der Waals surface area contributed by atoms with Gasteiger partial charge in [-0.15, -0.1) is 0 Å². The molecule has 1 fully saturated rings. The van der Waals surface area contributed by atoms with Crippen LogP contribution in [0.2, 0.25) is 0 Å². The highest BCUT2D eigenvalue weighted by molar-refractivity contribution is 4.99. The zero-order chi connectivity index (χ0) is 8.55. The van der Waals surface area contributed by atoms with Gasteiger partial charge in [0.25, 0.3) is 0 Å². The van der Waals surface area contributed by atoms with E-state index in [2.05, 4.69) is 10.1 Å². The minimum atomic E-state index is -0.123.